The molecule has 4 nitrogen and oxygen atoms in total. The first kappa shape index (κ1) is 23.0. The number of aryl methyl sites for hydroxylation is 1. The summed E-state index contributed by atoms with van der Waals surface area (Å²) in [6, 6.07) is 16.5. The Morgan fingerprint density at radius 1 is 1.17 bits per heavy atom. The van der Waals surface area contributed by atoms with E-state index in [0.29, 0.717) is 13.0 Å². The molecule has 0 aliphatic carbocycles. The SMILES string of the molecule is CCOc1ccc2c(c1)sc(=NC(=O)CCCSCc1ccccc1)n2CCSC. The summed E-state index contributed by atoms with van der Waals surface area (Å²) in [4.78, 5) is 17.8. The van der Waals surface area contributed by atoms with Crippen molar-refractivity contribution in [1.29, 1.82) is 0 Å². The standard InChI is InChI=1S/C23H28N2O2S3/c1-3-27-19-11-12-20-21(16-19)30-23(25(20)13-15-28-2)24-22(26)10-7-14-29-17-18-8-5-4-6-9-18/h4-6,8-9,11-12,16H,3,7,10,13-15,17H2,1-2H3. The molecular formula is C23H28N2O2S3. The van der Waals surface area contributed by atoms with Crippen LogP contribution in [0.3, 0.4) is 0 Å². The van der Waals surface area contributed by atoms with Gasteiger partial charge in [-0.15, -0.1) is 0 Å². The molecule has 0 aliphatic heterocycles. The summed E-state index contributed by atoms with van der Waals surface area (Å²) in [5.41, 5.74) is 2.44. The minimum atomic E-state index is -0.0372. The first-order valence-corrected chi connectivity index (χ1v) is 13.5. The highest BCUT2D eigenvalue weighted by Crippen LogP contribution is 2.24. The maximum absolute atomic E-state index is 12.5. The van der Waals surface area contributed by atoms with Gasteiger partial charge in [-0.1, -0.05) is 41.7 Å². The smallest absolute Gasteiger partial charge is 0.248 e. The third-order valence-electron chi connectivity index (χ3n) is 4.50. The molecule has 0 fully saturated rings. The van der Waals surface area contributed by atoms with Crippen molar-refractivity contribution in [3.8, 4) is 5.75 Å². The van der Waals surface area contributed by atoms with Crippen molar-refractivity contribution in [2.45, 2.75) is 32.1 Å². The van der Waals surface area contributed by atoms with Gasteiger partial charge in [-0.05, 0) is 49.1 Å². The normalized spacial score (nSPS) is 11.9. The Morgan fingerprint density at radius 3 is 2.77 bits per heavy atom. The quantitative estimate of drug-likeness (QED) is 0.349. The van der Waals surface area contributed by atoms with Gasteiger partial charge in [0.1, 0.15) is 5.75 Å². The number of hydrogen-bond donors (Lipinski definition) is 0. The maximum atomic E-state index is 12.5. The summed E-state index contributed by atoms with van der Waals surface area (Å²) in [6.45, 7) is 3.46. The van der Waals surface area contributed by atoms with E-state index >= 15 is 0 Å². The van der Waals surface area contributed by atoms with E-state index in [-0.39, 0.29) is 5.91 Å². The van der Waals surface area contributed by atoms with Gasteiger partial charge in [-0.2, -0.15) is 28.5 Å². The predicted molar refractivity (Wildman–Crippen MR) is 132 cm³/mol. The zero-order valence-electron chi connectivity index (χ0n) is 17.5. The summed E-state index contributed by atoms with van der Waals surface area (Å²) in [5, 5.41) is 0. The van der Waals surface area contributed by atoms with Crippen molar-refractivity contribution in [3.63, 3.8) is 0 Å². The molecule has 0 N–H and O–H groups in total. The van der Waals surface area contributed by atoms with Gasteiger partial charge in [0.25, 0.3) is 0 Å². The lowest BCUT2D eigenvalue weighted by Crippen LogP contribution is -2.18. The summed E-state index contributed by atoms with van der Waals surface area (Å²) in [5.74, 6) is 3.75. The number of hydrogen-bond acceptors (Lipinski definition) is 5. The summed E-state index contributed by atoms with van der Waals surface area (Å²) < 4.78 is 8.89. The highest BCUT2D eigenvalue weighted by molar-refractivity contribution is 7.98. The van der Waals surface area contributed by atoms with Crippen LogP contribution in [0, 0.1) is 0 Å². The Morgan fingerprint density at radius 2 is 2.00 bits per heavy atom. The molecule has 7 heteroatoms. The molecule has 0 atom stereocenters. The van der Waals surface area contributed by atoms with Crippen LogP contribution in [-0.4, -0.2) is 34.8 Å². The predicted octanol–water partition coefficient (Wildman–Crippen LogP) is 5.61. The number of carbonyl (C=O) groups is 1. The molecule has 0 saturated heterocycles. The van der Waals surface area contributed by atoms with Crippen molar-refractivity contribution < 1.29 is 9.53 Å². The van der Waals surface area contributed by atoms with Crippen LogP contribution < -0.4 is 9.54 Å². The van der Waals surface area contributed by atoms with Crippen LogP contribution in [0.1, 0.15) is 25.3 Å². The second-order valence-corrected chi connectivity index (χ2v) is 9.84. The molecule has 1 heterocycles. The number of rotatable bonds is 11. The fourth-order valence-electron chi connectivity index (χ4n) is 3.05. The van der Waals surface area contributed by atoms with Crippen molar-refractivity contribution in [3.05, 3.63) is 58.9 Å². The molecule has 30 heavy (non-hydrogen) atoms. The number of amides is 1. The molecule has 0 unspecified atom stereocenters. The molecule has 1 amide bonds. The van der Waals surface area contributed by atoms with E-state index in [1.54, 1.807) is 23.1 Å². The fourth-order valence-corrected chi connectivity index (χ4v) is 5.43. The van der Waals surface area contributed by atoms with Crippen molar-refractivity contribution in [2.24, 2.45) is 4.99 Å². The highest BCUT2D eigenvalue weighted by Gasteiger charge is 2.09. The number of aromatic nitrogens is 1. The van der Waals surface area contributed by atoms with Crippen LogP contribution in [-0.2, 0) is 17.1 Å². The van der Waals surface area contributed by atoms with E-state index in [4.69, 9.17) is 4.74 Å². The first-order chi connectivity index (χ1) is 14.7. The summed E-state index contributed by atoms with van der Waals surface area (Å²) in [6.07, 6.45) is 3.43. The molecule has 3 rings (SSSR count). The molecular weight excluding hydrogens is 432 g/mol. The van der Waals surface area contributed by atoms with Gasteiger partial charge in [0, 0.05) is 24.5 Å². The fraction of sp³-hybridized carbons (Fsp3) is 0.391. The van der Waals surface area contributed by atoms with Crippen molar-refractivity contribution in [2.75, 3.05) is 24.4 Å². The lowest BCUT2D eigenvalue weighted by Gasteiger charge is -2.05. The Hall–Kier alpha value is -1.70. The lowest BCUT2D eigenvalue weighted by molar-refractivity contribution is -0.118. The molecule has 0 saturated carbocycles. The van der Waals surface area contributed by atoms with Crippen LogP contribution >= 0.6 is 34.9 Å². The Bertz CT molecular complexity index is 1010. The molecule has 0 radical (unpaired) electrons. The maximum Gasteiger partial charge on any atom is 0.248 e. The number of fused-ring (bicyclic) bond motifs is 1. The number of thiazole rings is 1. The molecule has 160 valence electrons. The zero-order valence-corrected chi connectivity index (χ0v) is 20.0. The molecule has 0 aliphatic rings. The zero-order chi connectivity index (χ0) is 21.2. The van der Waals surface area contributed by atoms with Crippen LogP contribution in [0.5, 0.6) is 5.75 Å². The molecule has 0 spiro atoms. The van der Waals surface area contributed by atoms with E-state index in [0.717, 1.165) is 51.0 Å². The van der Waals surface area contributed by atoms with E-state index in [1.807, 2.05) is 36.9 Å². The molecule has 2 aromatic carbocycles. The van der Waals surface area contributed by atoms with Gasteiger partial charge in [-0.3, -0.25) is 4.79 Å². The van der Waals surface area contributed by atoms with Gasteiger partial charge >= 0.3 is 0 Å². The minimum absolute atomic E-state index is 0.0372. The van der Waals surface area contributed by atoms with Gasteiger partial charge in [-0.25, -0.2) is 0 Å². The van der Waals surface area contributed by atoms with E-state index in [1.165, 1.54) is 5.56 Å². The van der Waals surface area contributed by atoms with E-state index in [2.05, 4.69) is 46.1 Å². The topological polar surface area (TPSA) is 43.6 Å². The van der Waals surface area contributed by atoms with Gasteiger partial charge in [0.15, 0.2) is 4.80 Å². The van der Waals surface area contributed by atoms with E-state index < -0.39 is 0 Å². The Labute approximate surface area is 190 Å². The summed E-state index contributed by atoms with van der Waals surface area (Å²) >= 11 is 5.22. The van der Waals surface area contributed by atoms with Crippen LogP contribution in [0.25, 0.3) is 10.2 Å². The van der Waals surface area contributed by atoms with Crippen LogP contribution in [0.2, 0.25) is 0 Å². The first-order valence-electron chi connectivity index (χ1n) is 10.2. The number of ether oxygens (including phenoxy) is 1. The van der Waals surface area contributed by atoms with Crippen molar-refractivity contribution in [1.82, 2.24) is 4.57 Å². The lowest BCUT2D eigenvalue weighted by atomic mass is 10.2. The second kappa shape index (κ2) is 12.2. The number of benzene rings is 2. The molecule has 0 bridgehead atoms. The third-order valence-corrected chi connectivity index (χ3v) is 7.24. The number of carbonyl (C=O) groups excluding carboxylic acids is 1. The monoisotopic (exact) mass is 460 g/mol. The summed E-state index contributed by atoms with van der Waals surface area (Å²) in [7, 11) is 0. The average molecular weight is 461 g/mol. The van der Waals surface area contributed by atoms with E-state index in [9.17, 15) is 4.79 Å². The van der Waals surface area contributed by atoms with Crippen LogP contribution in [0.15, 0.2) is 53.5 Å². The van der Waals surface area contributed by atoms with Crippen LogP contribution in [0.4, 0.5) is 0 Å². The van der Waals surface area contributed by atoms with Gasteiger partial charge < -0.3 is 9.30 Å². The molecule has 3 aromatic rings. The number of nitrogens with zero attached hydrogens (tertiary/aromatic N) is 2. The highest BCUT2D eigenvalue weighted by atomic mass is 32.2. The largest absolute Gasteiger partial charge is 0.494 e. The second-order valence-electron chi connectivity index (χ2n) is 6.74. The number of thioether (sulfide) groups is 2. The Balaban J connectivity index is 1.64. The average Bonchev–Trinajstić information content (AvgIpc) is 3.09. The third kappa shape index (κ3) is 6.65. The van der Waals surface area contributed by atoms with Crippen molar-refractivity contribution >= 4 is 51.0 Å². The van der Waals surface area contributed by atoms with Gasteiger partial charge in [0.2, 0.25) is 5.91 Å². The van der Waals surface area contributed by atoms with Gasteiger partial charge in [0.05, 0.1) is 16.8 Å². The Kier molecular flexibility index (Phi) is 9.36. The molecule has 1 aromatic heterocycles. The minimum Gasteiger partial charge on any atom is -0.494 e.